The van der Waals surface area contributed by atoms with Gasteiger partial charge in [0.05, 0.1) is 11.6 Å². The average molecular weight is 282 g/mol. The highest BCUT2D eigenvalue weighted by atomic mass is 35.5. The molecule has 19 heavy (non-hydrogen) atoms. The van der Waals surface area contributed by atoms with E-state index >= 15 is 0 Å². The fourth-order valence-corrected chi connectivity index (χ4v) is 2.09. The number of aromatic nitrogens is 2. The molecule has 1 unspecified atom stereocenters. The van der Waals surface area contributed by atoms with Gasteiger partial charge >= 0.3 is 0 Å². The molecule has 102 valence electrons. The molecule has 1 aromatic heterocycles. The van der Waals surface area contributed by atoms with Crippen LogP contribution in [0.4, 0.5) is 4.39 Å². The van der Waals surface area contributed by atoms with Crippen LogP contribution in [-0.4, -0.2) is 15.6 Å². The van der Waals surface area contributed by atoms with Crippen molar-refractivity contribution in [2.24, 2.45) is 5.73 Å². The highest BCUT2D eigenvalue weighted by Gasteiger charge is 2.11. The van der Waals surface area contributed by atoms with Crippen molar-refractivity contribution in [1.29, 1.82) is 0 Å². The summed E-state index contributed by atoms with van der Waals surface area (Å²) in [7, 11) is 0. The van der Waals surface area contributed by atoms with Gasteiger partial charge in [-0.05, 0) is 18.1 Å². The summed E-state index contributed by atoms with van der Waals surface area (Å²) >= 11 is 5.96. The second-order valence-corrected chi connectivity index (χ2v) is 4.93. The number of nitrogens with zero attached hydrogens (tertiary/aromatic N) is 2. The molecule has 2 rings (SSSR count). The second kappa shape index (κ2) is 6.17. The quantitative estimate of drug-likeness (QED) is 0.915. The van der Waals surface area contributed by atoms with Crippen LogP contribution in [0.1, 0.15) is 24.7 Å². The smallest absolute Gasteiger partial charge is 0.142 e. The van der Waals surface area contributed by atoms with Crippen LogP contribution in [0, 0.1) is 5.82 Å². The van der Waals surface area contributed by atoms with E-state index in [-0.39, 0.29) is 11.1 Å². The topological polar surface area (TPSA) is 43.8 Å². The van der Waals surface area contributed by atoms with Crippen molar-refractivity contribution in [3.63, 3.8) is 0 Å². The third kappa shape index (κ3) is 3.33. The van der Waals surface area contributed by atoms with Gasteiger partial charge in [0, 0.05) is 24.9 Å². The molecule has 1 atom stereocenters. The van der Waals surface area contributed by atoms with Gasteiger partial charge in [-0.3, -0.25) is 0 Å². The number of rotatable bonds is 5. The monoisotopic (exact) mass is 281 g/mol. The first-order chi connectivity index (χ1) is 9.11. The van der Waals surface area contributed by atoms with E-state index in [4.69, 9.17) is 17.3 Å². The summed E-state index contributed by atoms with van der Waals surface area (Å²) in [6.45, 7) is 2.55. The molecule has 1 heterocycles. The molecule has 0 saturated heterocycles. The number of benzene rings is 1. The summed E-state index contributed by atoms with van der Waals surface area (Å²) in [5.74, 6) is 0.501. The molecule has 3 nitrogen and oxygen atoms in total. The molecule has 0 bridgehead atoms. The predicted octanol–water partition coefficient (Wildman–Crippen LogP) is 3.00. The fraction of sp³-hybridized carbons (Fsp3) is 0.357. The average Bonchev–Trinajstić information content (AvgIpc) is 2.82. The van der Waals surface area contributed by atoms with Gasteiger partial charge in [-0.1, -0.05) is 30.7 Å². The van der Waals surface area contributed by atoms with Gasteiger partial charge in [-0.2, -0.15) is 0 Å². The van der Waals surface area contributed by atoms with Crippen molar-refractivity contribution >= 4 is 11.6 Å². The van der Waals surface area contributed by atoms with E-state index in [1.165, 1.54) is 6.07 Å². The Morgan fingerprint density at radius 3 is 3.00 bits per heavy atom. The van der Waals surface area contributed by atoms with Gasteiger partial charge in [0.25, 0.3) is 0 Å². The fourth-order valence-electron chi connectivity index (χ4n) is 1.91. The van der Waals surface area contributed by atoms with Gasteiger partial charge < -0.3 is 10.3 Å². The van der Waals surface area contributed by atoms with E-state index in [0.717, 1.165) is 17.8 Å². The molecule has 5 heteroatoms. The van der Waals surface area contributed by atoms with Crippen LogP contribution in [0.2, 0.25) is 5.02 Å². The Balaban J connectivity index is 2.20. The van der Waals surface area contributed by atoms with E-state index in [0.29, 0.717) is 13.0 Å². The minimum Gasteiger partial charge on any atom is -0.330 e. The van der Waals surface area contributed by atoms with Crippen LogP contribution in [0.5, 0.6) is 0 Å². The Morgan fingerprint density at radius 1 is 1.47 bits per heavy atom. The van der Waals surface area contributed by atoms with Gasteiger partial charge in [0.2, 0.25) is 0 Å². The maximum Gasteiger partial charge on any atom is 0.142 e. The van der Waals surface area contributed by atoms with E-state index in [1.54, 1.807) is 12.3 Å². The summed E-state index contributed by atoms with van der Waals surface area (Å²) in [6.07, 6.45) is 5.19. The normalized spacial score (nSPS) is 12.6. The molecule has 2 aromatic rings. The second-order valence-electron chi connectivity index (χ2n) is 4.56. The van der Waals surface area contributed by atoms with Gasteiger partial charge in [-0.25, -0.2) is 9.37 Å². The number of nitrogens with two attached hydrogens (primary N) is 1. The Kier molecular flexibility index (Phi) is 4.56. The van der Waals surface area contributed by atoms with E-state index in [9.17, 15) is 4.39 Å². The number of hydrogen-bond acceptors (Lipinski definition) is 2. The van der Waals surface area contributed by atoms with Crippen LogP contribution in [0.15, 0.2) is 30.6 Å². The van der Waals surface area contributed by atoms with Crippen LogP contribution in [0.3, 0.4) is 0 Å². The van der Waals surface area contributed by atoms with Crippen LogP contribution >= 0.6 is 11.6 Å². The Bertz CT molecular complexity index is 553. The molecule has 0 amide bonds. The summed E-state index contributed by atoms with van der Waals surface area (Å²) in [5, 5.41) is 0.168. The van der Waals surface area contributed by atoms with Crippen molar-refractivity contribution in [3.8, 4) is 0 Å². The maximum atomic E-state index is 13.4. The first-order valence-corrected chi connectivity index (χ1v) is 6.68. The highest BCUT2D eigenvalue weighted by molar-refractivity contribution is 6.31. The molecule has 0 radical (unpaired) electrons. The molecule has 0 saturated carbocycles. The lowest BCUT2D eigenvalue weighted by Gasteiger charge is -2.12. The maximum absolute atomic E-state index is 13.4. The van der Waals surface area contributed by atoms with Crippen LogP contribution in [-0.2, 0) is 13.0 Å². The molecule has 0 spiro atoms. The standard InChI is InChI=1S/C14H17ClFN3/c1-2-11(17)8-13-18-6-7-19(13)9-10-4-3-5-12(16)14(10)15/h3-7,11H,2,8-9,17H2,1H3. The summed E-state index contributed by atoms with van der Waals surface area (Å²) in [6, 6.07) is 4.91. The van der Waals surface area contributed by atoms with E-state index in [1.807, 2.05) is 23.8 Å². The van der Waals surface area contributed by atoms with Gasteiger partial charge in [-0.15, -0.1) is 0 Å². The third-order valence-electron chi connectivity index (χ3n) is 3.14. The number of hydrogen-bond donors (Lipinski definition) is 1. The predicted molar refractivity (Wildman–Crippen MR) is 74.7 cm³/mol. The zero-order valence-corrected chi connectivity index (χ0v) is 11.6. The Morgan fingerprint density at radius 2 is 2.26 bits per heavy atom. The van der Waals surface area contributed by atoms with Crippen molar-refractivity contribution in [1.82, 2.24) is 9.55 Å². The zero-order chi connectivity index (χ0) is 13.8. The lowest BCUT2D eigenvalue weighted by atomic mass is 10.1. The first-order valence-electron chi connectivity index (χ1n) is 6.30. The van der Waals surface area contributed by atoms with Gasteiger partial charge in [0.15, 0.2) is 0 Å². The molecule has 0 aliphatic heterocycles. The molecule has 0 aliphatic rings. The third-order valence-corrected chi connectivity index (χ3v) is 3.57. The highest BCUT2D eigenvalue weighted by Crippen LogP contribution is 2.21. The number of halogens is 2. The van der Waals surface area contributed by atoms with Crippen molar-refractivity contribution < 1.29 is 4.39 Å². The lowest BCUT2D eigenvalue weighted by Crippen LogP contribution is -2.23. The summed E-state index contributed by atoms with van der Waals surface area (Å²) in [5.41, 5.74) is 6.68. The minimum atomic E-state index is -0.397. The molecular formula is C14H17ClFN3. The van der Waals surface area contributed by atoms with Gasteiger partial charge in [0.1, 0.15) is 11.6 Å². The van der Waals surface area contributed by atoms with Crippen LogP contribution in [0.25, 0.3) is 0 Å². The molecule has 2 N–H and O–H groups in total. The molecular weight excluding hydrogens is 265 g/mol. The lowest BCUT2D eigenvalue weighted by molar-refractivity contribution is 0.594. The SMILES string of the molecule is CCC(N)Cc1nccn1Cc1cccc(F)c1Cl. The van der Waals surface area contributed by atoms with Crippen LogP contribution < -0.4 is 5.73 Å². The van der Waals surface area contributed by atoms with Crippen molar-refractivity contribution in [2.75, 3.05) is 0 Å². The molecule has 1 aromatic carbocycles. The zero-order valence-electron chi connectivity index (χ0n) is 10.8. The van der Waals surface area contributed by atoms with E-state index < -0.39 is 5.82 Å². The van der Waals surface area contributed by atoms with Crippen molar-refractivity contribution in [3.05, 3.63) is 52.8 Å². The Labute approximate surface area is 117 Å². The molecule has 0 fully saturated rings. The number of imidazole rings is 1. The summed E-state index contributed by atoms with van der Waals surface area (Å²) in [4.78, 5) is 4.30. The van der Waals surface area contributed by atoms with E-state index in [2.05, 4.69) is 4.98 Å². The minimum absolute atomic E-state index is 0.0872. The van der Waals surface area contributed by atoms with Crippen molar-refractivity contribution in [2.45, 2.75) is 32.4 Å². The molecule has 0 aliphatic carbocycles. The summed E-state index contributed by atoms with van der Waals surface area (Å²) < 4.78 is 15.4. The Hall–Kier alpha value is -1.39. The largest absolute Gasteiger partial charge is 0.330 e. The first kappa shape index (κ1) is 14.0.